The number of Topliss-reactive ketones (excluding diaryl/α,β-unsaturated/α-hetero) is 1. The number of amides is 1. The molecule has 0 spiro atoms. The summed E-state index contributed by atoms with van der Waals surface area (Å²) in [6, 6.07) is 3.50. The van der Waals surface area contributed by atoms with Gasteiger partial charge in [0.05, 0.1) is 11.4 Å². The minimum atomic E-state index is -0.0340. The summed E-state index contributed by atoms with van der Waals surface area (Å²) >= 11 is 6.20. The summed E-state index contributed by atoms with van der Waals surface area (Å²) < 4.78 is 0. The van der Waals surface area contributed by atoms with Gasteiger partial charge in [0.25, 0.3) is 0 Å². The van der Waals surface area contributed by atoms with Gasteiger partial charge < -0.3 is 5.32 Å². The smallest absolute Gasteiger partial charge is 0.228 e. The van der Waals surface area contributed by atoms with Gasteiger partial charge in [0.1, 0.15) is 0 Å². The molecule has 1 aliphatic carbocycles. The van der Waals surface area contributed by atoms with Gasteiger partial charge in [0, 0.05) is 17.2 Å². The van der Waals surface area contributed by atoms with Gasteiger partial charge in [-0.2, -0.15) is 0 Å². The van der Waals surface area contributed by atoms with Crippen LogP contribution in [0.3, 0.4) is 0 Å². The second-order valence-corrected chi connectivity index (χ2v) is 5.82. The summed E-state index contributed by atoms with van der Waals surface area (Å²) in [6.45, 7) is 0. The van der Waals surface area contributed by atoms with E-state index in [1.807, 2.05) is 0 Å². The number of carbonyl (C=O) groups is 2. The van der Waals surface area contributed by atoms with Crippen molar-refractivity contribution in [1.29, 1.82) is 0 Å². The molecule has 1 aliphatic heterocycles. The number of rotatable bonds is 2. The zero-order chi connectivity index (χ0) is 13.4. The first-order chi connectivity index (χ1) is 9.15. The van der Waals surface area contributed by atoms with Crippen LogP contribution < -0.4 is 5.32 Å². The molecular formula is C15H16ClNO2. The van der Waals surface area contributed by atoms with E-state index in [9.17, 15) is 9.59 Å². The van der Waals surface area contributed by atoms with Crippen LogP contribution in [0.1, 0.15) is 48.0 Å². The molecule has 0 radical (unpaired) electrons. The number of ketones is 1. The maximum Gasteiger partial charge on any atom is 0.228 e. The molecule has 4 heteroatoms. The summed E-state index contributed by atoms with van der Waals surface area (Å²) in [4.78, 5) is 23.9. The predicted octanol–water partition coefficient (Wildman–Crippen LogP) is 3.60. The van der Waals surface area contributed by atoms with Gasteiger partial charge in [-0.25, -0.2) is 0 Å². The van der Waals surface area contributed by atoms with E-state index in [4.69, 9.17) is 11.6 Å². The Labute approximate surface area is 117 Å². The van der Waals surface area contributed by atoms with E-state index < -0.39 is 0 Å². The maximum atomic E-state index is 12.5. The molecule has 1 saturated carbocycles. The monoisotopic (exact) mass is 277 g/mol. The van der Waals surface area contributed by atoms with Crippen molar-refractivity contribution in [2.45, 2.75) is 38.5 Å². The van der Waals surface area contributed by atoms with Crippen LogP contribution in [0.15, 0.2) is 12.1 Å². The van der Waals surface area contributed by atoms with Crippen LogP contribution in [0.25, 0.3) is 0 Å². The van der Waals surface area contributed by atoms with Gasteiger partial charge >= 0.3 is 0 Å². The Morgan fingerprint density at radius 2 is 1.95 bits per heavy atom. The minimum Gasteiger partial charge on any atom is -0.325 e. The maximum absolute atomic E-state index is 12.5. The van der Waals surface area contributed by atoms with Gasteiger partial charge in [0.2, 0.25) is 5.91 Å². The second-order valence-electron chi connectivity index (χ2n) is 5.41. The lowest BCUT2D eigenvalue weighted by molar-refractivity contribution is -0.115. The van der Waals surface area contributed by atoms with Gasteiger partial charge in [-0.05, 0) is 30.5 Å². The molecule has 3 nitrogen and oxygen atoms in total. The molecule has 2 aliphatic rings. The van der Waals surface area contributed by atoms with Crippen molar-refractivity contribution < 1.29 is 9.59 Å². The van der Waals surface area contributed by atoms with Crippen molar-refractivity contribution in [3.63, 3.8) is 0 Å². The van der Waals surface area contributed by atoms with Crippen LogP contribution in [0, 0.1) is 5.92 Å². The van der Waals surface area contributed by atoms with Crippen molar-refractivity contribution >= 4 is 29.0 Å². The Hall–Kier alpha value is -1.35. The molecule has 1 amide bonds. The van der Waals surface area contributed by atoms with E-state index in [-0.39, 0.29) is 17.6 Å². The average Bonchev–Trinajstić information content (AvgIpc) is 2.77. The minimum absolute atomic E-state index is 0.0340. The molecule has 1 aromatic rings. The van der Waals surface area contributed by atoms with Gasteiger partial charge in [-0.15, -0.1) is 0 Å². The summed E-state index contributed by atoms with van der Waals surface area (Å²) in [7, 11) is 0. The fourth-order valence-corrected chi connectivity index (χ4v) is 3.28. The number of hydrogen-bond acceptors (Lipinski definition) is 2. The van der Waals surface area contributed by atoms with Crippen molar-refractivity contribution in [3.8, 4) is 0 Å². The van der Waals surface area contributed by atoms with Gasteiger partial charge in [-0.1, -0.05) is 30.9 Å². The van der Waals surface area contributed by atoms with E-state index in [0.29, 0.717) is 17.0 Å². The summed E-state index contributed by atoms with van der Waals surface area (Å²) in [5.74, 6) is 0.217. The largest absolute Gasteiger partial charge is 0.325 e. The zero-order valence-electron chi connectivity index (χ0n) is 10.7. The number of carbonyl (C=O) groups excluding carboxylic acids is 2. The lowest BCUT2D eigenvalue weighted by atomic mass is 9.83. The topological polar surface area (TPSA) is 46.2 Å². The molecular weight excluding hydrogens is 262 g/mol. The molecule has 100 valence electrons. The van der Waals surface area contributed by atoms with Crippen molar-refractivity contribution in [1.82, 2.24) is 0 Å². The third kappa shape index (κ3) is 2.39. The van der Waals surface area contributed by atoms with Crippen LogP contribution in [0.5, 0.6) is 0 Å². The van der Waals surface area contributed by atoms with Crippen LogP contribution in [-0.4, -0.2) is 11.7 Å². The van der Waals surface area contributed by atoms with Gasteiger partial charge in [0.15, 0.2) is 5.78 Å². The van der Waals surface area contributed by atoms with E-state index in [1.54, 1.807) is 12.1 Å². The molecule has 19 heavy (non-hydrogen) atoms. The van der Waals surface area contributed by atoms with Gasteiger partial charge in [-0.3, -0.25) is 9.59 Å². The Kier molecular flexibility index (Phi) is 3.31. The SMILES string of the molecule is O=C1Cc2cc(C(=O)C3CCCCC3)c(Cl)cc2N1. The molecule has 0 saturated heterocycles. The first-order valence-corrected chi connectivity index (χ1v) is 7.19. The van der Waals surface area contributed by atoms with E-state index >= 15 is 0 Å². The van der Waals surface area contributed by atoms with E-state index in [2.05, 4.69) is 5.32 Å². The van der Waals surface area contributed by atoms with Crippen LogP contribution in [0.4, 0.5) is 5.69 Å². The first-order valence-electron chi connectivity index (χ1n) is 6.81. The number of anilines is 1. The highest BCUT2D eigenvalue weighted by Gasteiger charge is 2.27. The third-order valence-corrected chi connectivity index (χ3v) is 4.37. The number of nitrogens with one attached hydrogen (secondary N) is 1. The van der Waals surface area contributed by atoms with Crippen molar-refractivity contribution in [2.24, 2.45) is 5.92 Å². The summed E-state index contributed by atoms with van der Waals surface area (Å²) in [6.07, 6.45) is 5.74. The third-order valence-electron chi connectivity index (χ3n) is 4.06. The molecule has 0 atom stereocenters. The van der Waals surface area contributed by atoms with E-state index in [1.165, 1.54) is 6.42 Å². The number of halogens is 1. The number of fused-ring (bicyclic) bond motifs is 1. The predicted molar refractivity (Wildman–Crippen MR) is 74.7 cm³/mol. The standard InChI is InChI=1S/C15H16ClNO2/c16-12-8-13-10(7-14(18)17-13)6-11(12)15(19)9-4-2-1-3-5-9/h6,8-9H,1-5,7H2,(H,17,18). The summed E-state index contributed by atoms with van der Waals surface area (Å²) in [5.41, 5.74) is 2.22. The van der Waals surface area contributed by atoms with E-state index in [0.717, 1.165) is 36.9 Å². The molecule has 1 aromatic carbocycles. The summed E-state index contributed by atoms with van der Waals surface area (Å²) in [5, 5.41) is 3.20. The van der Waals surface area contributed by atoms with Crippen LogP contribution in [0.2, 0.25) is 5.02 Å². The number of benzene rings is 1. The highest BCUT2D eigenvalue weighted by molar-refractivity contribution is 6.34. The molecule has 1 heterocycles. The highest BCUT2D eigenvalue weighted by Crippen LogP contribution is 2.34. The second kappa shape index (κ2) is 4.97. The fraction of sp³-hybridized carbons (Fsp3) is 0.467. The van der Waals surface area contributed by atoms with Crippen LogP contribution in [-0.2, 0) is 11.2 Å². The van der Waals surface area contributed by atoms with Crippen LogP contribution >= 0.6 is 11.6 Å². The molecule has 0 bridgehead atoms. The Balaban J connectivity index is 1.90. The normalized spacial score (nSPS) is 19.1. The highest BCUT2D eigenvalue weighted by atomic mass is 35.5. The lowest BCUT2D eigenvalue weighted by Crippen LogP contribution is -2.18. The van der Waals surface area contributed by atoms with Crippen molar-refractivity contribution in [3.05, 3.63) is 28.3 Å². The fourth-order valence-electron chi connectivity index (χ4n) is 3.02. The lowest BCUT2D eigenvalue weighted by Gasteiger charge is -2.21. The zero-order valence-corrected chi connectivity index (χ0v) is 11.4. The average molecular weight is 278 g/mol. The number of hydrogen-bond donors (Lipinski definition) is 1. The molecule has 0 aromatic heterocycles. The Bertz CT molecular complexity index is 547. The first kappa shape index (κ1) is 12.7. The van der Waals surface area contributed by atoms with Crippen molar-refractivity contribution in [2.75, 3.05) is 5.32 Å². The molecule has 0 unspecified atom stereocenters. The Morgan fingerprint density at radius 1 is 1.21 bits per heavy atom. The molecule has 3 rings (SSSR count). The quantitative estimate of drug-likeness (QED) is 0.840. The molecule has 1 fully saturated rings. The Morgan fingerprint density at radius 3 is 2.68 bits per heavy atom. The molecule has 1 N–H and O–H groups in total.